The summed E-state index contributed by atoms with van der Waals surface area (Å²) in [5.74, 6) is -7.07. The standard InChI is InChI=1S/C27H34ClF3N2O8S2/c1-4-16-9-18(7-14(2)27(16,37)12-22(34)23(35)13-32-42(3,38)39)43(40,41)24-8-15(5-6-19(24)28)26(36)33-17-10-20(29)25(31)21(30)11-17/h5-6,8,10-11,14,16,18,22-23,32,34-35,37H,4,7,9,12-13H2,1-3H3,(H,33,36)/t14-,16?,18-,22?,23?,27-/m0/s1. The third-order valence-electron chi connectivity index (χ3n) is 7.93. The van der Waals surface area contributed by atoms with E-state index in [2.05, 4.69) is 10.0 Å². The van der Waals surface area contributed by atoms with Gasteiger partial charge >= 0.3 is 0 Å². The molecular weight excluding hydrogens is 637 g/mol. The molecule has 2 aromatic rings. The molecule has 0 aromatic heterocycles. The third-order valence-corrected chi connectivity index (χ3v) is 11.3. The van der Waals surface area contributed by atoms with Gasteiger partial charge in [-0.15, -0.1) is 0 Å². The van der Waals surface area contributed by atoms with Crippen molar-refractivity contribution in [2.24, 2.45) is 11.8 Å². The molecule has 0 heterocycles. The van der Waals surface area contributed by atoms with Crippen LogP contribution in [0.25, 0.3) is 0 Å². The minimum Gasteiger partial charge on any atom is -0.390 e. The molecule has 0 aliphatic heterocycles. The molecule has 5 N–H and O–H groups in total. The second-order valence-electron chi connectivity index (χ2n) is 10.9. The van der Waals surface area contributed by atoms with Crippen LogP contribution in [0.5, 0.6) is 0 Å². The van der Waals surface area contributed by atoms with Crippen molar-refractivity contribution in [2.75, 3.05) is 18.1 Å². The van der Waals surface area contributed by atoms with Gasteiger partial charge in [-0.3, -0.25) is 4.79 Å². The molecule has 1 aliphatic carbocycles. The molecule has 0 bridgehead atoms. The summed E-state index contributed by atoms with van der Waals surface area (Å²) in [6.45, 7) is 2.85. The number of sulfonamides is 1. The van der Waals surface area contributed by atoms with Crippen molar-refractivity contribution in [3.8, 4) is 0 Å². The fraction of sp³-hybridized carbons (Fsp3) is 0.519. The Kier molecular flexibility index (Phi) is 11.0. The van der Waals surface area contributed by atoms with Crippen LogP contribution in [0.3, 0.4) is 0 Å². The number of nitrogens with one attached hydrogen (secondary N) is 2. The minimum absolute atomic E-state index is 0.0506. The maximum atomic E-state index is 13.8. The van der Waals surface area contributed by atoms with E-state index >= 15 is 0 Å². The van der Waals surface area contributed by atoms with Gasteiger partial charge in [-0.2, -0.15) is 0 Å². The maximum Gasteiger partial charge on any atom is 0.255 e. The van der Waals surface area contributed by atoms with Gasteiger partial charge in [0.1, 0.15) is 0 Å². The number of halogens is 4. The van der Waals surface area contributed by atoms with E-state index in [0.717, 1.165) is 12.3 Å². The summed E-state index contributed by atoms with van der Waals surface area (Å²) >= 11 is 6.24. The van der Waals surface area contributed by atoms with Crippen molar-refractivity contribution in [2.45, 2.75) is 67.5 Å². The Hall–Kier alpha value is -2.27. The quantitative estimate of drug-likeness (QED) is 0.227. The Balaban J connectivity index is 1.83. The van der Waals surface area contributed by atoms with E-state index in [9.17, 15) is 50.1 Å². The number of hydrogen-bond donors (Lipinski definition) is 5. The van der Waals surface area contributed by atoms with E-state index in [0.29, 0.717) is 18.6 Å². The normalized spacial score (nSPS) is 24.4. The van der Waals surface area contributed by atoms with Crippen LogP contribution in [0.4, 0.5) is 18.9 Å². The lowest BCUT2D eigenvalue weighted by atomic mass is 9.65. The average molecular weight is 671 g/mol. The van der Waals surface area contributed by atoms with E-state index in [4.69, 9.17) is 11.6 Å². The summed E-state index contributed by atoms with van der Waals surface area (Å²) in [7, 11) is -7.86. The predicted molar refractivity (Wildman–Crippen MR) is 153 cm³/mol. The number of carbonyl (C=O) groups is 1. The molecule has 3 rings (SSSR count). The van der Waals surface area contributed by atoms with Gasteiger partial charge in [0, 0.05) is 36.3 Å². The molecule has 10 nitrogen and oxygen atoms in total. The Morgan fingerprint density at radius 1 is 1.07 bits per heavy atom. The van der Waals surface area contributed by atoms with Gasteiger partial charge in [0.15, 0.2) is 27.3 Å². The summed E-state index contributed by atoms with van der Waals surface area (Å²) in [5.41, 5.74) is -2.20. The molecule has 43 heavy (non-hydrogen) atoms. The number of rotatable bonds is 11. The lowest BCUT2D eigenvalue weighted by Crippen LogP contribution is -2.55. The first kappa shape index (κ1) is 35.2. The van der Waals surface area contributed by atoms with Crippen molar-refractivity contribution in [3.05, 3.63) is 58.4 Å². The minimum atomic E-state index is -4.22. The highest BCUT2D eigenvalue weighted by molar-refractivity contribution is 7.92. The van der Waals surface area contributed by atoms with Crippen LogP contribution in [-0.4, -0.2) is 73.9 Å². The number of aliphatic hydroxyl groups is 3. The molecule has 1 saturated carbocycles. The Morgan fingerprint density at radius 3 is 2.23 bits per heavy atom. The van der Waals surface area contributed by atoms with Gasteiger partial charge in [-0.25, -0.2) is 34.7 Å². The molecule has 2 aromatic carbocycles. The third kappa shape index (κ3) is 8.07. The van der Waals surface area contributed by atoms with E-state index in [1.54, 1.807) is 13.8 Å². The second kappa shape index (κ2) is 13.4. The molecule has 1 fully saturated rings. The van der Waals surface area contributed by atoms with Gasteiger partial charge in [-0.05, 0) is 42.9 Å². The first-order chi connectivity index (χ1) is 19.8. The summed E-state index contributed by atoms with van der Waals surface area (Å²) < 4.78 is 92.8. The molecule has 0 saturated heterocycles. The van der Waals surface area contributed by atoms with Crippen LogP contribution in [0.2, 0.25) is 5.02 Å². The molecule has 3 unspecified atom stereocenters. The van der Waals surface area contributed by atoms with Crippen LogP contribution in [0.15, 0.2) is 35.2 Å². The number of carbonyl (C=O) groups excluding carboxylic acids is 1. The number of benzene rings is 2. The molecule has 1 aliphatic rings. The van der Waals surface area contributed by atoms with Crippen molar-refractivity contribution in [3.63, 3.8) is 0 Å². The van der Waals surface area contributed by atoms with Gasteiger partial charge in [0.2, 0.25) is 10.0 Å². The summed E-state index contributed by atoms with van der Waals surface area (Å²) in [6.07, 6.45) is -2.31. The lowest BCUT2D eigenvalue weighted by molar-refractivity contribution is -0.129. The average Bonchev–Trinajstić information content (AvgIpc) is 2.91. The smallest absolute Gasteiger partial charge is 0.255 e. The molecular formula is C27H34ClF3N2O8S2. The van der Waals surface area contributed by atoms with Crippen LogP contribution in [0.1, 0.15) is 49.9 Å². The summed E-state index contributed by atoms with van der Waals surface area (Å²) in [5, 5.41) is 33.4. The largest absolute Gasteiger partial charge is 0.390 e. The van der Waals surface area contributed by atoms with Crippen molar-refractivity contribution in [1.82, 2.24) is 4.72 Å². The number of amides is 1. The van der Waals surface area contributed by atoms with Crippen molar-refractivity contribution < 1.29 is 50.1 Å². The maximum absolute atomic E-state index is 13.8. The zero-order chi connectivity index (χ0) is 32.5. The van der Waals surface area contributed by atoms with E-state index in [1.165, 1.54) is 12.1 Å². The van der Waals surface area contributed by atoms with Crippen molar-refractivity contribution in [1.29, 1.82) is 0 Å². The highest BCUT2D eigenvalue weighted by Gasteiger charge is 2.51. The van der Waals surface area contributed by atoms with E-state index in [-0.39, 0.29) is 34.7 Å². The van der Waals surface area contributed by atoms with Crippen molar-refractivity contribution >= 4 is 43.1 Å². The molecule has 0 radical (unpaired) electrons. The molecule has 6 atom stereocenters. The van der Waals surface area contributed by atoms with Crippen LogP contribution >= 0.6 is 11.6 Å². The number of aliphatic hydroxyl groups excluding tert-OH is 2. The van der Waals surface area contributed by atoms with Gasteiger partial charge in [0.25, 0.3) is 5.91 Å². The van der Waals surface area contributed by atoms with Gasteiger partial charge < -0.3 is 20.6 Å². The summed E-state index contributed by atoms with van der Waals surface area (Å²) in [6, 6.07) is 4.53. The zero-order valence-corrected chi connectivity index (χ0v) is 25.9. The molecule has 240 valence electrons. The Bertz CT molecular complexity index is 1550. The SMILES string of the molecule is CCC1C[C@@H](S(=O)(=O)c2cc(C(=O)Nc3cc(F)c(F)c(F)c3)ccc2Cl)C[C@H](C)[C@@]1(O)CC(O)C(O)CNS(C)(=O)=O. The fourth-order valence-corrected chi connectivity index (χ4v) is 8.41. The van der Waals surface area contributed by atoms with Crippen LogP contribution < -0.4 is 10.0 Å². The highest BCUT2D eigenvalue weighted by atomic mass is 35.5. The number of anilines is 1. The van der Waals surface area contributed by atoms with Crippen LogP contribution in [-0.2, 0) is 19.9 Å². The lowest BCUT2D eigenvalue weighted by Gasteiger charge is -2.48. The highest BCUT2D eigenvalue weighted by Crippen LogP contribution is 2.46. The van der Waals surface area contributed by atoms with E-state index < -0.39 is 90.3 Å². The first-order valence-corrected chi connectivity index (χ1v) is 17.1. The predicted octanol–water partition coefficient (Wildman–Crippen LogP) is 3.00. The van der Waals surface area contributed by atoms with Crippen LogP contribution in [0, 0.1) is 29.3 Å². The molecule has 0 spiro atoms. The monoisotopic (exact) mass is 670 g/mol. The molecule has 16 heteroatoms. The topological polar surface area (TPSA) is 170 Å². The van der Waals surface area contributed by atoms with E-state index in [1.807, 2.05) is 0 Å². The van der Waals surface area contributed by atoms with Gasteiger partial charge in [0.05, 0.1) is 39.2 Å². The number of hydrogen-bond acceptors (Lipinski definition) is 8. The zero-order valence-electron chi connectivity index (χ0n) is 23.5. The first-order valence-electron chi connectivity index (χ1n) is 13.3. The Labute approximate surface area is 253 Å². The fourth-order valence-electron chi connectivity index (χ4n) is 5.48. The number of sulfone groups is 1. The second-order valence-corrected chi connectivity index (χ2v) is 15.4. The summed E-state index contributed by atoms with van der Waals surface area (Å²) in [4.78, 5) is 12.4. The van der Waals surface area contributed by atoms with Gasteiger partial charge in [-0.1, -0.05) is 31.9 Å². The molecule has 1 amide bonds. The Morgan fingerprint density at radius 2 is 1.67 bits per heavy atom.